The van der Waals surface area contributed by atoms with Gasteiger partial charge >= 0.3 is 0 Å². The standard InChI is InChI=1S/C15H20ClNO3S/c1-11-2-3-13(16)8-15(11)21(18,19)17(14-4-5-14)9-12-6-7-20-10-12/h2-3,8,12,14H,4-7,9-10H2,1H3. The molecule has 2 aliphatic rings. The zero-order chi connectivity index (χ0) is 15.0. The molecule has 3 rings (SSSR count). The minimum absolute atomic E-state index is 0.147. The van der Waals surface area contributed by atoms with Gasteiger partial charge in [-0.2, -0.15) is 4.31 Å². The van der Waals surface area contributed by atoms with Gasteiger partial charge in [-0.1, -0.05) is 17.7 Å². The van der Waals surface area contributed by atoms with Crippen LogP contribution in [0.4, 0.5) is 0 Å². The predicted octanol–water partition coefficient (Wildman–Crippen LogP) is 2.84. The molecule has 6 heteroatoms. The number of sulfonamides is 1. The van der Waals surface area contributed by atoms with Crippen LogP contribution in [0.5, 0.6) is 0 Å². The number of benzene rings is 1. The fourth-order valence-corrected chi connectivity index (χ4v) is 5.02. The van der Waals surface area contributed by atoms with Crippen LogP contribution in [-0.2, 0) is 14.8 Å². The van der Waals surface area contributed by atoms with E-state index in [1.54, 1.807) is 22.5 Å². The average Bonchev–Trinajstić information content (AvgIpc) is 3.14. The Kier molecular flexibility index (Phi) is 4.28. The normalized spacial score (nSPS) is 22.9. The lowest BCUT2D eigenvalue weighted by Crippen LogP contribution is -2.37. The van der Waals surface area contributed by atoms with Gasteiger partial charge in [0, 0.05) is 24.2 Å². The molecule has 1 heterocycles. The van der Waals surface area contributed by atoms with E-state index in [4.69, 9.17) is 16.3 Å². The van der Waals surface area contributed by atoms with Crippen molar-refractivity contribution in [3.63, 3.8) is 0 Å². The van der Waals surface area contributed by atoms with Crippen molar-refractivity contribution in [2.45, 2.75) is 37.1 Å². The average molecular weight is 330 g/mol. The SMILES string of the molecule is Cc1ccc(Cl)cc1S(=O)(=O)N(CC1CCOC1)C1CC1. The molecule has 1 aliphatic carbocycles. The van der Waals surface area contributed by atoms with Gasteiger partial charge in [-0.3, -0.25) is 0 Å². The molecule has 21 heavy (non-hydrogen) atoms. The fraction of sp³-hybridized carbons (Fsp3) is 0.600. The lowest BCUT2D eigenvalue weighted by atomic mass is 10.1. The monoisotopic (exact) mass is 329 g/mol. The lowest BCUT2D eigenvalue weighted by molar-refractivity contribution is 0.180. The molecule has 0 aromatic heterocycles. The van der Waals surface area contributed by atoms with Gasteiger partial charge in [-0.05, 0) is 49.8 Å². The van der Waals surface area contributed by atoms with Crippen molar-refractivity contribution in [2.24, 2.45) is 5.92 Å². The molecule has 1 atom stereocenters. The van der Waals surface area contributed by atoms with Gasteiger partial charge in [0.05, 0.1) is 11.5 Å². The summed E-state index contributed by atoms with van der Waals surface area (Å²) in [6.07, 6.45) is 2.84. The van der Waals surface area contributed by atoms with Crippen LogP contribution in [0.2, 0.25) is 5.02 Å². The summed E-state index contributed by atoms with van der Waals surface area (Å²) in [5, 5.41) is 0.458. The van der Waals surface area contributed by atoms with E-state index in [1.165, 1.54) is 0 Å². The molecule has 1 saturated carbocycles. The number of rotatable bonds is 5. The molecule has 2 fully saturated rings. The largest absolute Gasteiger partial charge is 0.381 e. The summed E-state index contributed by atoms with van der Waals surface area (Å²) in [5.74, 6) is 0.305. The van der Waals surface area contributed by atoms with Crippen molar-refractivity contribution in [3.05, 3.63) is 28.8 Å². The molecular formula is C15H20ClNO3S. The molecular weight excluding hydrogens is 310 g/mol. The van der Waals surface area contributed by atoms with Crippen LogP contribution in [-0.4, -0.2) is 38.5 Å². The van der Waals surface area contributed by atoms with Crippen LogP contribution in [0.3, 0.4) is 0 Å². The van der Waals surface area contributed by atoms with E-state index in [0.29, 0.717) is 29.0 Å². The summed E-state index contributed by atoms with van der Waals surface area (Å²) in [7, 11) is -3.49. The maximum atomic E-state index is 13.0. The summed E-state index contributed by atoms with van der Waals surface area (Å²) in [5.41, 5.74) is 0.743. The van der Waals surface area contributed by atoms with E-state index in [2.05, 4.69) is 0 Å². The van der Waals surface area contributed by atoms with Crippen molar-refractivity contribution in [3.8, 4) is 0 Å². The molecule has 1 aromatic carbocycles. The van der Waals surface area contributed by atoms with Crippen molar-refractivity contribution >= 4 is 21.6 Å². The first kappa shape index (κ1) is 15.3. The topological polar surface area (TPSA) is 46.6 Å². The van der Waals surface area contributed by atoms with Crippen LogP contribution >= 0.6 is 11.6 Å². The van der Waals surface area contributed by atoms with Gasteiger partial charge in [0.25, 0.3) is 0 Å². The van der Waals surface area contributed by atoms with Gasteiger partial charge in [0.2, 0.25) is 10.0 Å². The van der Waals surface area contributed by atoms with E-state index in [-0.39, 0.29) is 6.04 Å². The number of nitrogens with zero attached hydrogens (tertiary/aromatic N) is 1. The van der Waals surface area contributed by atoms with Crippen molar-refractivity contribution in [1.29, 1.82) is 0 Å². The Labute approximate surface area is 131 Å². The Bertz CT molecular complexity index is 622. The first-order chi connectivity index (χ1) is 9.98. The molecule has 1 aliphatic heterocycles. The third kappa shape index (κ3) is 3.26. The number of ether oxygens (including phenoxy) is 1. The highest BCUT2D eigenvalue weighted by molar-refractivity contribution is 7.89. The van der Waals surface area contributed by atoms with Crippen LogP contribution < -0.4 is 0 Å². The molecule has 116 valence electrons. The van der Waals surface area contributed by atoms with E-state index in [1.807, 2.05) is 6.92 Å². The van der Waals surface area contributed by atoms with Crippen molar-refractivity contribution in [1.82, 2.24) is 4.31 Å². The molecule has 0 N–H and O–H groups in total. The summed E-state index contributed by atoms with van der Waals surface area (Å²) in [6, 6.07) is 5.20. The third-order valence-corrected chi connectivity index (χ3v) is 6.45. The zero-order valence-corrected chi connectivity index (χ0v) is 13.7. The van der Waals surface area contributed by atoms with Crippen LogP contribution in [0.25, 0.3) is 0 Å². The van der Waals surface area contributed by atoms with E-state index >= 15 is 0 Å². The van der Waals surface area contributed by atoms with Crippen molar-refractivity contribution < 1.29 is 13.2 Å². The first-order valence-electron chi connectivity index (χ1n) is 7.34. The van der Waals surface area contributed by atoms with Crippen LogP contribution in [0.1, 0.15) is 24.8 Å². The Morgan fingerprint density at radius 1 is 1.33 bits per heavy atom. The van der Waals surface area contributed by atoms with Gasteiger partial charge in [0.1, 0.15) is 0 Å². The Morgan fingerprint density at radius 3 is 2.71 bits per heavy atom. The summed E-state index contributed by atoms with van der Waals surface area (Å²) < 4.78 is 33.1. The number of aryl methyl sites for hydroxylation is 1. The summed E-state index contributed by atoms with van der Waals surface area (Å²) in [4.78, 5) is 0.334. The van der Waals surface area contributed by atoms with Crippen molar-refractivity contribution in [2.75, 3.05) is 19.8 Å². The molecule has 0 bridgehead atoms. The molecule has 4 nitrogen and oxygen atoms in total. The minimum Gasteiger partial charge on any atom is -0.381 e. The lowest BCUT2D eigenvalue weighted by Gasteiger charge is -2.25. The van der Waals surface area contributed by atoms with Gasteiger partial charge in [-0.25, -0.2) is 8.42 Å². The highest BCUT2D eigenvalue weighted by Gasteiger charge is 2.40. The Hall–Kier alpha value is -0.620. The van der Waals surface area contributed by atoms with E-state index in [0.717, 1.165) is 31.4 Å². The molecule has 1 saturated heterocycles. The number of hydrogen-bond donors (Lipinski definition) is 0. The van der Waals surface area contributed by atoms with E-state index < -0.39 is 10.0 Å². The van der Waals surface area contributed by atoms with Crippen LogP contribution in [0, 0.1) is 12.8 Å². The maximum absolute atomic E-state index is 13.0. The highest BCUT2D eigenvalue weighted by atomic mass is 35.5. The maximum Gasteiger partial charge on any atom is 0.243 e. The molecule has 0 spiro atoms. The smallest absolute Gasteiger partial charge is 0.243 e. The molecule has 0 radical (unpaired) electrons. The highest BCUT2D eigenvalue weighted by Crippen LogP contribution is 2.35. The number of hydrogen-bond acceptors (Lipinski definition) is 3. The number of halogens is 1. The Morgan fingerprint density at radius 2 is 2.10 bits per heavy atom. The fourth-order valence-electron chi connectivity index (χ4n) is 2.77. The molecule has 1 aromatic rings. The summed E-state index contributed by atoms with van der Waals surface area (Å²) in [6.45, 7) is 3.76. The second kappa shape index (κ2) is 5.88. The first-order valence-corrected chi connectivity index (χ1v) is 9.16. The van der Waals surface area contributed by atoms with Gasteiger partial charge < -0.3 is 4.74 Å². The second-order valence-electron chi connectivity index (χ2n) is 5.95. The second-order valence-corrected chi connectivity index (χ2v) is 8.24. The quantitative estimate of drug-likeness (QED) is 0.834. The Balaban J connectivity index is 1.91. The van der Waals surface area contributed by atoms with Gasteiger partial charge in [-0.15, -0.1) is 0 Å². The van der Waals surface area contributed by atoms with Crippen LogP contribution in [0.15, 0.2) is 23.1 Å². The zero-order valence-electron chi connectivity index (χ0n) is 12.1. The van der Waals surface area contributed by atoms with E-state index in [9.17, 15) is 8.42 Å². The third-order valence-electron chi connectivity index (χ3n) is 4.15. The predicted molar refractivity (Wildman–Crippen MR) is 82.0 cm³/mol. The summed E-state index contributed by atoms with van der Waals surface area (Å²) >= 11 is 5.99. The minimum atomic E-state index is -3.49. The molecule has 0 amide bonds. The molecule has 1 unspecified atom stereocenters. The van der Waals surface area contributed by atoms with Gasteiger partial charge in [0.15, 0.2) is 0 Å².